The van der Waals surface area contributed by atoms with Gasteiger partial charge in [0.15, 0.2) is 5.54 Å². The lowest BCUT2D eigenvalue weighted by atomic mass is 9.85. The van der Waals surface area contributed by atoms with Crippen LogP contribution in [0.4, 0.5) is 23.2 Å². The van der Waals surface area contributed by atoms with Gasteiger partial charge in [-0.3, -0.25) is 14.5 Å². The standard InChI is InChI=1S/C21H21ClF4N4O3/c1-11-3-4-16(15(23)5-11)30(18(31)17(22)24)21(2,12-8-27-10-28-9-12)19(32)29-13-6-14(7-13)33-20(25)26/h3-5,8-10,13-14,17,20H,6-7H2,1-2H3,(H,29,32)/t13?,14?,17-,21+/m0/s1. The van der Waals surface area contributed by atoms with Crippen molar-refractivity contribution < 1.29 is 31.9 Å². The molecule has 2 atom stereocenters. The Kier molecular flexibility index (Phi) is 7.53. The summed E-state index contributed by atoms with van der Waals surface area (Å²) in [5.41, 5.74) is -4.44. The molecule has 1 saturated carbocycles. The molecule has 1 aromatic heterocycles. The van der Waals surface area contributed by atoms with Gasteiger partial charge in [0, 0.05) is 24.0 Å². The maximum absolute atomic E-state index is 14.9. The third kappa shape index (κ3) is 5.25. The van der Waals surface area contributed by atoms with Crippen LogP contribution in [-0.4, -0.2) is 46.2 Å². The molecule has 178 valence electrons. The van der Waals surface area contributed by atoms with E-state index in [1.54, 1.807) is 6.92 Å². The third-order valence-corrected chi connectivity index (χ3v) is 5.68. The molecule has 1 heterocycles. The van der Waals surface area contributed by atoms with Crippen LogP contribution in [0, 0.1) is 12.7 Å². The van der Waals surface area contributed by atoms with Crippen molar-refractivity contribution in [2.24, 2.45) is 0 Å². The molecule has 0 aliphatic heterocycles. The van der Waals surface area contributed by atoms with Gasteiger partial charge in [-0.05, 0) is 44.4 Å². The average molecular weight is 489 g/mol. The van der Waals surface area contributed by atoms with E-state index in [4.69, 9.17) is 11.6 Å². The number of hydrogen-bond acceptors (Lipinski definition) is 5. The van der Waals surface area contributed by atoms with Crippen molar-refractivity contribution in [2.75, 3.05) is 4.90 Å². The predicted molar refractivity (Wildman–Crippen MR) is 111 cm³/mol. The summed E-state index contributed by atoms with van der Waals surface area (Å²) >= 11 is 5.44. The lowest BCUT2D eigenvalue weighted by molar-refractivity contribution is -0.186. The molecule has 1 aliphatic rings. The summed E-state index contributed by atoms with van der Waals surface area (Å²) in [7, 11) is 0. The Morgan fingerprint density at radius 3 is 2.42 bits per heavy atom. The molecular formula is C21H21ClF4N4O3. The van der Waals surface area contributed by atoms with Gasteiger partial charge in [-0.1, -0.05) is 17.7 Å². The van der Waals surface area contributed by atoms with E-state index in [1.165, 1.54) is 37.8 Å². The van der Waals surface area contributed by atoms with Gasteiger partial charge in [0.25, 0.3) is 17.4 Å². The van der Waals surface area contributed by atoms with E-state index in [0.29, 0.717) is 10.5 Å². The second kappa shape index (κ2) is 10.0. The number of aromatic nitrogens is 2. The van der Waals surface area contributed by atoms with Crippen molar-refractivity contribution >= 4 is 29.1 Å². The van der Waals surface area contributed by atoms with Crippen molar-refractivity contribution in [1.29, 1.82) is 0 Å². The van der Waals surface area contributed by atoms with Crippen LogP contribution in [0.15, 0.2) is 36.9 Å². The molecule has 2 amide bonds. The highest BCUT2D eigenvalue weighted by Crippen LogP contribution is 2.37. The Labute approximate surface area is 192 Å². The summed E-state index contributed by atoms with van der Waals surface area (Å²) in [6.45, 7) is -0.0611. The number of alkyl halides is 4. The van der Waals surface area contributed by atoms with Gasteiger partial charge >= 0.3 is 6.61 Å². The van der Waals surface area contributed by atoms with E-state index < -0.39 is 47.6 Å². The lowest BCUT2D eigenvalue weighted by Crippen LogP contribution is -2.61. The summed E-state index contributed by atoms with van der Waals surface area (Å²) in [6.07, 6.45) is 3.09. The molecule has 1 fully saturated rings. The Morgan fingerprint density at radius 2 is 1.88 bits per heavy atom. The zero-order valence-electron chi connectivity index (χ0n) is 17.6. The number of carbonyl (C=O) groups excluding carboxylic acids is 2. The Bertz CT molecular complexity index is 1010. The smallest absolute Gasteiger partial charge is 0.345 e. The van der Waals surface area contributed by atoms with Crippen LogP contribution < -0.4 is 10.2 Å². The molecule has 0 saturated heterocycles. The SMILES string of the molecule is Cc1ccc(N(C(=O)[C@H](F)Cl)[C@@](C)(C(=O)NC2CC(OC(F)F)C2)c2cncnc2)c(F)c1. The molecule has 12 heteroatoms. The number of benzene rings is 1. The zero-order chi connectivity index (χ0) is 24.3. The number of halogens is 5. The maximum atomic E-state index is 14.9. The fraction of sp³-hybridized carbons (Fsp3) is 0.429. The van der Waals surface area contributed by atoms with Gasteiger partial charge in [0.2, 0.25) is 0 Å². The van der Waals surface area contributed by atoms with Crippen molar-refractivity contribution in [3.8, 4) is 0 Å². The minimum Gasteiger partial charge on any atom is -0.351 e. The van der Waals surface area contributed by atoms with Crippen molar-refractivity contribution in [2.45, 2.75) is 56.6 Å². The first-order valence-electron chi connectivity index (χ1n) is 9.92. The van der Waals surface area contributed by atoms with Crippen molar-refractivity contribution in [3.05, 3.63) is 53.9 Å². The van der Waals surface area contributed by atoms with Crippen LogP contribution in [0.1, 0.15) is 30.9 Å². The highest BCUT2D eigenvalue weighted by Gasteiger charge is 2.49. The number of hydrogen-bond donors (Lipinski definition) is 1. The highest BCUT2D eigenvalue weighted by molar-refractivity contribution is 6.32. The van der Waals surface area contributed by atoms with Crippen molar-refractivity contribution in [3.63, 3.8) is 0 Å². The highest BCUT2D eigenvalue weighted by atomic mass is 35.5. The Balaban J connectivity index is 2.03. The van der Waals surface area contributed by atoms with Crippen molar-refractivity contribution in [1.82, 2.24) is 15.3 Å². The predicted octanol–water partition coefficient (Wildman–Crippen LogP) is 3.59. The van der Waals surface area contributed by atoms with Gasteiger partial charge in [0.1, 0.15) is 12.1 Å². The summed E-state index contributed by atoms with van der Waals surface area (Å²) in [6, 6.07) is 3.28. The summed E-state index contributed by atoms with van der Waals surface area (Å²) < 4.78 is 58.2. The molecule has 33 heavy (non-hydrogen) atoms. The first-order chi connectivity index (χ1) is 15.5. The van der Waals surface area contributed by atoms with E-state index in [0.717, 1.165) is 6.07 Å². The van der Waals surface area contributed by atoms with E-state index in [1.807, 2.05) is 0 Å². The van der Waals surface area contributed by atoms with Gasteiger partial charge in [-0.2, -0.15) is 8.78 Å². The van der Waals surface area contributed by atoms with Crippen LogP contribution in [0.25, 0.3) is 0 Å². The number of nitrogens with one attached hydrogen (secondary N) is 1. The van der Waals surface area contributed by atoms with Crippen LogP contribution in [0.2, 0.25) is 0 Å². The van der Waals surface area contributed by atoms with Gasteiger partial charge in [-0.25, -0.2) is 18.7 Å². The van der Waals surface area contributed by atoms with E-state index in [2.05, 4.69) is 20.0 Å². The molecule has 0 radical (unpaired) electrons. The number of rotatable bonds is 8. The Morgan fingerprint density at radius 1 is 1.24 bits per heavy atom. The molecule has 3 rings (SSSR count). The van der Waals surface area contributed by atoms with Gasteiger partial charge < -0.3 is 10.1 Å². The van der Waals surface area contributed by atoms with Gasteiger partial charge in [0.05, 0.1) is 11.8 Å². The first-order valence-corrected chi connectivity index (χ1v) is 10.4. The van der Waals surface area contributed by atoms with E-state index in [9.17, 15) is 27.2 Å². The summed E-state index contributed by atoms with van der Waals surface area (Å²) in [4.78, 5) is 34.7. The molecule has 1 N–H and O–H groups in total. The quantitative estimate of drug-likeness (QED) is 0.453. The minimum atomic E-state index is -2.94. The topological polar surface area (TPSA) is 84.4 Å². The second-order valence-corrected chi connectivity index (χ2v) is 8.17. The molecule has 0 spiro atoms. The zero-order valence-corrected chi connectivity index (χ0v) is 18.4. The minimum absolute atomic E-state index is 0.0489. The van der Waals surface area contributed by atoms with Crippen LogP contribution in [0.3, 0.4) is 0 Å². The third-order valence-electron chi connectivity index (χ3n) is 5.49. The average Bonchev–Trinajstić information content (AvgIpc) is 2.73. The summed E-state index contributed by atoms with van der Waals surface area (Å²) in [5.74, 6) is -3.09. The van der Waals surface area contributed by atoms with Gasteiger partial charge in [-0.15, -0.1) is 0 Å². The normalized spacial score (nSPS) is 20.5. The monoisotopic (exact) mass is 488 g/mol. The molecule has 1 aromatic carbocycles. The second-order valence-electron chi connectivity index (χ2n) is 7.79. The number of carbonyl (C=O) groups is 2. The fourth-order valence-electron chi connectivity index (χ4n) is 3.65. The molecule has 0 unspecified atom stereocenters. The first kappa shape index (κ1) is 24.8. The van der Waals surface area contributed by atoms with Crippen LogP contribution >= 0.6 is 11.6 Å². The largest absolute Gasteiger partial charge is 0.351 e. The maximum Gasteiger partial charge on any atom is 0.345 e. The molecular weight excluding hydrogens is 468 g/mol. The Hall–Kier alpha value is -2.79. The lowest BCUT2D eigenvalue weighted by Gasteiger charge is -2.43. The number of aryl methyl sites for hydroxylation is 1. The summed E-state index contributed by atoms with van der Waals surface area (Å²) in [5, 5.41) is 2.63. The number of ether oxygens (including phenoxy) is 1. The molecule has 7 nitrogen and oxygen atoms in total. The molecule has 1 aliphatic carbocycles. The number of amides is 2. The molecule has 0 bridgehead atoms. The number of nitrogens with zero attached hydrogens (tertiary/aromatic N) is 3. The van der Waals surface area contributed by atoms with E-state index in [-0.39, 0.29) is 24.1 Å². The van der Waals surface area contributed by atoms with E-state index >= 15 is 0 Å². The van der Waals surface area contributed by atoms with Crippen LogP contribution in [0.5, 0.6) is 0 Å². The molecule has 2 aromatic rings. The van der Waals surface area contributed by atoms with Crippen LogP contribution in [-0.2, 0) is 19.9 Å². The number of anilines is 1. The fourth-order valence-corrected chi connectivity index (χ4v) is 3.75.